The van der Waals surface area contributed by atoms with E-state index >= 15 is 0 Å². The molecule has 0 saturated carbocycles. The molecule has 4 heterocycles. The highest BCUT2D eigenvalue weighted by Gasteiger charge is 2.25. The Hall–Kier alpha value is -2.27. The molecule has 118 valence electrons. The Balaban J connectivity index is 1.81. The van der Waals surface area contributed by atoms with Gasteiger partial charge < -0.3 is 4.52 Å². The number of hydrogen-bond donors (Lipinski definition) is 0. The Labute approximate surface area is 153 Å². The van der Waals surface area contributed by atoms with Crippen LogP contribution in [-0.2, 0) is 6.42 Å². The Morgan fingerprint density at radius 1 is 1.25 bits per heavy atom. The third-order valence-corrected chi connectivity index (χ3v) is 4.55. The first kappa shape index (κ1) is 14.1. The molecule has 0 aliphatic carbocycles. The highest BCUT2D eigenvalue weighted by Crippen LogP contribution is 2.32. The average Bonchev–Trinajstić information content (AvgIpc) is 3.27. The number of halogens is 2. The molecule has 0 unspecified atom stereocenters. The number of benzene rings is 1. The maximum Gasteiger partial charge on any atom is 0.287 e. The van der Waals surface area contributed by atoms with Crippen molar-refractivity contribution in [3.05, 3.63) is 51.0 Å². The molecule has 4 aromatic rings. The van der Waals surface area contributed by atoms with E-state index in [2.05, 4.69) is 25.4 Å². The molecule has 1 aliphatic rings. The molecule has 0 bridgehead atoms. The molecule has 24 heavy (non-hydrogen) atoms. The van der Waals surface area contributed by atoms with Crippen LogP contribution in [-0.4, -0.2) is 34.7 Å². The summed E-state index contributed by atoms with van der Waals surface area (Å²) in [5.74, 6) is 0.463. The molecule has 0 radical (unpaired) electrons. The van der Waals surface area contributed by atoms with Crippen LogP contribution in [0.15, 0.2) is 35.2 Å². The van der Waals surface area contributed by atoms with Crippen LogP contribution in [0.1, 0.15) is 11.4 Å². The van der Waals surface area contributed by atoms with Crippen LogP contribution in [0.3, 0.4) is 0 Å². The first-order chi connectivity index (χ1) is 11.7. The Morgan fingerprint density at radius 3 is 3.00 bits per heavy atom. The fourth-order valence-corrected chi connectivity index (χ4v) is 3.35. The fraction of sp³-hybridized carbons (Fsp3) is 0.0714. The number of nitrogens with zero attached hydrogens (tertiary/aromatic N) is 7. The van der Waals surface area contributed by atoms with Gasteiger partial charge in [-0.3, -0.25) is 4.57 Å². The lowest BCUT2D eigenvalue weighted by atomic mass is 10.2. The summed E-state index contributed by atoms with van der Waals surface area (Å²) in [6.07, 6.45) is 4.07. The van der Waals surface area contributed by atoms with Gasteiger partial charge in [-0.05, 0) is 18.2 Å². The third-order valence-electron chi connectivity index (χ3n) is 3.87. The first-order valence-electron chi connectivity index (χ1n) is 6.96. The van der Waals surface area contributed by atoms with Gasteiger partial charge in [0.15, 0.2) is 0 Å². The van der Waals surface area contributed by atoms with Gasteiger partial charge in [0.05, 0.1) is 29.0 Å². The smallest absolute Gasteiger partial charge is 0.287 e. The largest absolute Gasteiger partial charge is 0.328 e. The second-order valence-electron chi connectivity index (χ2n) is 5.23. The lowest BCUT2D eigenvalue weighted by Crippen LogP contribution is -2.03. The van der Waals surface area contributed by atoms with Crippen molar-refractivity contribution in [2.45, 2.75) is 6.42 Å². The zero-order chi connectivity index (χ0) is 16.3. The number of rotatable bonds is 1. The molecule has 1 aromatic carbocycles. The summed E-state index contributed by atoms with van der Waals surface area (Å²) in [5.41, 5.74) is 4.31. The molecule has 0 fully saturated rings. The van der Waals surface area contributed by atoms with Crippen LogP contribution in [0.25, 0.3) is 22.9 Å². The quantitative estimate of drug-likeness (QED) is 0.364. The van der Waals surface area contributed by atoms with Gasteiger partial charge >= 0.3 is 0 Å². The van der Waals surface area contributed by atoms with Gasteiger partial charge in [0.1, 0.15) is 12.0 Å². The van der Waals surface area contributed by atoms with Gasteiger partial charge in [0.25, 0.3) is 3.90 Å². The number of aromatic nitrogens is 7. The molecule has 3 aromatic heterocycles. The minimum Gasteiger partial charge on any atom is -0.328 e. The average molecular weight is 452 g/mol. The SMILES string of the molecule is Clc1ccc2c(c1)-n1nncc1Cc1c(-c3noc(I)n3)ncn1-2. The van der Waals surface area contributed by atoms with Crippen LogP contribution in [0.5, 0.6) is 0 Å². The van der Waals surface area contributed by atoms with Gasteiger partial charge in [-0.15, -0.1) is 5.10 Å². The number of imidazole rings is 1. The van der Waals surface area contributed by atoms with E-state index in [1.165, 1.54) is 0 Å². The number of hydrogen-bond acceptors (Lipinski definition) is 6. The van der Waals surface area contributed by atoms with Gasteiger partial charge in [0, 0.05) is 34.0 Å². The van der Waals surface area contributed by atoms with Gasteiger partial charge in [-0.1, -0.05) is 22.0 Å². The van der Waals surface area contributed by atoms with Crippen molar-refractivity contribution < 1.29 is 4.52 Å². The van der Waals surface area contributed by atoms with E-state index in [4.69, 9.17) is 16.1 Å². The van der Waals surface area contributed by atoms with E-state index in [-0.39, 0.29) is 0 Å². The standard InChI is InChI=1S/C14H7ClIN7O/c15-7-1-2-9-10(3-7)23-8(5-18-21-23)4-11-12(17-6-22(9)11)13-19-14(16)24-20-13/h1-3,5-6H,4H2. The van der Waals surface area contributed by atoms with Gasteiger partial charge in [0.2, 0.25) is 5.82 Å². The van der Waals surface area contributed by atoms with Crippen molar-refractivity contribution in [1.82, 2.24) is 34.7 Å². The highest BCUT2D eigenvalue weighted by atomic mass is 127. The van der Waals surface area contributed by atoms with E-state index < -0.39 is 0 Å². The van der Waals surface area contributed by atoms with Crippen molar-refractivity contribution in [3.63, 3.8) is 0 Å². The summed E-state index contributed by atoms with van der Waals surface area (Å²) in [5, 5.41) is 12.8. The summed E-state index contributed by atoms with van der Waals surface area (Å²) in [6.45, 7) is 0. The summed E-state index contributed by atoms with van der Waals surface area (Å²) in [4.78, 5) is 8.77. The summed E-state index contributed by atoms with van der Waals surface area (Å²) >= 11 is 8.15. The maximum atomic E-state index is 6.17. The predicted molar refractivity (Wildman–Crippen MR) is 92.3 cm³/mol. The molecule has 0 saturated heterocycles. The lowest BCUT2D eigenvalue weighted by molar-refractivity contribution is 0.394. The summed E-state index contributed by atoms with van der Waals surface area (Å²) in [7, 11) is 0. The molecule has 0 amide bonds. The molecule has 1 aliphatic heterocycles. The highest BCUT2D eigenvalue weighted by molar-refractivity contribution is 14.1. The maximum absolute atomic E-state index is 6.17. The predicted octanol–water partition coefficient (Wildman–Crippen LogP) is 2.67. The molecular weight excluding hydrogens is 445 g/mol. The fourth-order valence-electron chi connectivity index (χ4n) is 2.86. The van der Waals surface area contributed by atoms with E-state index in [9.17, 15) is 0 Å². The molecule has 8 nitrogen and oxygen atoms in total. The zero-order valence-corrected chi connectivity index (χ0v) is 14.8. The van der Waals surface area contributed by atoms with Crippen LogP contribution < -0.4 is 0 Å². The monoisotopic (exact) mass is 451 g/mol. The Kier molecular flexibility index (Phi) is 3.00. The molecule has 0 N–H and O–H groups in total. The summed E-state index contributed by atoms with van der Waals surface area (Å²) < 4.78 is 9.34. The van der Waals surface area contributed by atoms with Crippen molar-refractivity contribution in [1.29, 1.82) is 0 Å². The van der Waals surface area contributed by atoms with Crippen LogP contribution in [0.2, 0.25) is 5.02 Å². The van der Waals surface area contributed by atoms with Gasteiger partial charge in [-0.25, -0.2) is 9.67 Å². The lowest BCUT2D eigenvalue weighted by Gasteiger charge is -2.09. The third kappa shape index (κ3) is 2.01. The molecule has 0 spiro atoms. The molecule has 10 heteroatoms. The van der Waals surface area contributed by atoms with Crippen molar-refractivity contribution >= 4 is 34.2 Å². The van der Waals surface area contributed by atoms with E-state index in [0.29, 0.717) is 26.9 Å². The first-order valence-corrected chi connectivity index (χ1v) is 8.42. The zero-order valence-electron chi connectivity index (χ0n) is 11.9. The summed E-state index contributed by atoms with van der Waals surface area (Å²) in [6, 6.07) is 5.63. The van der Waals surface area contributed by atoms with Gasteiger partial charge in [-0.2, -0.15) is 4.98 Å². The van der Waals surface area contributed by atoms with E-state index in [0.717, 1.165) is 22.8 Å². The van der Waals surface area contributed by atoms with Crippen LogP contribution in [0.4, 0.5) is 0 Å². The van der Waals surface area contributed by atoms with Crippen molar-refractivity contribution in [3.8, 4) is 22.9 Å². The number of fused-ring (bicyclic) bond motifs is 5. The second kappa shape index (κ2) is 5.11. The molecule has 5 rings (SSSR count). The Bertz CT molecular complexity index is 1080. The minimum absolute atomic E-state index is 0.463. The van der Waals surface area contributed by atoms with Crippen LogP contribution >= 0.6 is 34.2 Å². The molecule has 0 atom stereocenters. The molecular formula is C14H7ClIN7O. The van der Waals surface area contributed by atoms with E-state index in [1.54, 1.807) is 17.2 Å². The normalized spacial score (nSPS) is 12.4. The van der Waals surface area contributed by atoms with Crippen molar-refractivity contribution in [2.24, 2.45) is 0 Å². The minimum atomic E-state index is 0.463. The topological polar surface area (TPSA) is 87.4 Å². The Morgan fingerprint density at radius 2 is 2.17 bits per heavy atom. The second-order valence-corrected chi connectivity index (χ2v) is 6.59. The van der Waals surface area contributed by atoms with Crippen LogP contribution in [0, 0.1) is 3.90 Å². The van der Waals surface area contributed by atoms with E-state index in [1.807, 2.05) is 45.4 Å². The van der Waals surface area contributed by atoms with Crippen molar-refractivity contribution in [2.75, 3.05) is 0 Å².